The minimum absolute atomic E-state index is 0.0497. The second-order valence-corrected chi connectivity index (χ2v) is 7.72. The fraction of sp³-hybridized carbons (Fsp3) is 0.636. The maximum atomic E-state index is 11.6. The van der Waals surface area contributed by atoms with Crippen molar-refractivity contribution in [2.45, 2.75) is 51.5 Å². The lowest BCUT2D eigenvalue weighted by Gasteiger charge is -2.21. The van der Waals surface area contributed by atoms with Crippen LogP contribution in [0.2, 0.25) is 0 Å². The molecule has 6 heteroatoms. The van der Waals surface area contributed by atoms with Gasteiger partial charge in [0.15, 0.2) is 12.6 Å². The van der Waals surface area contributed by atoms with Gasteiger partial charge in [-0.3, -0.25) is 9.79 Å². The van der Waals surface area contributed by atoms with Crippen LogP contribution >= 0.6 is 0 Å². The van der Waals surface area contributed by atoms with Crippen molar-refractivity contribution in [3.63, 3.8) is 0 Å². The van der Waals surface area contributed by atoms with Crippen molar-refractivity contribution in [1.82, 2.24) is 15.5 Å². The van der Waals surface area contributed by atoms with Gasteiger partial charge in [-0.25, -0.2) is 0 Å². The van der Waals surface area contributed by atoms with Crippen LogP contribution in [0.15, 0.2) is 29.3 Å². The van der Waals surface area contributed by atoms with Gasteiger partial charge in [0, 0.05) is 34.2 Å². The van der Waals surface area contributed by atoms with E-state index in [4.69, 9.17) is 4.74 Å². The Bertz CT molecular complexity index is 625. The van der Waals surface area contributed by atoms with Gasteiger partial charge in [0.05, 0.1) is 0 Å². The quantitative estimate of drug-likeness (QED) is 0.387. The summed E-state index contributed by atoms with van der Waals surface area (Å²) in [4.78, 5) is 17.5. The first-order valence-corrected chi connectivity index (χ1v) is 10.4. The predicted octanol–water partition coefficient (Wildman–Crippen LogP) is 3.18. The Morgan fingerprint density at radius 3 is 2.71 bits per heavy atom. The number of carbonyl (C=O) groups excluding carboxylic acids is 1. The van der Waals surface area contributed by atoms with Crippen LogP contribution < -0.4 is 15.4 Å². The van der Waals surface area contributed by atoms with Crippen molar-refractivity contribution < 1.29 is 9.53 Å². The smallest absolute Gasteiger partial charge is 0.259 e. The molecule has 0 radical (unpaired) electrons. The first-order chi connectivity index (χ1) is 13.6. The molecule has 6 nitrogen and oxygen atoms in total. The maximum absolute atomic E-state index is 11.6. The van der Waals surface area contributed by atoms with Crippen molar-refractivity contribution in [2.24, 2.45) is 10.9 Å². The third-order valence-corrected chi connectivity index (χ3v) is 5.25. The summed E-state index contributed by atoms with van der Waals surface area (Å²) in [6.07, 6.45) is 9.56. The molecule has 2 rings (SSSR count). The summed E-state index contributed by atoms with van der Waals surface area (Å²) in [5.74, 6) is 2.39. The van der Waals surface area contributed by atoms with Crippen molar-refractivity contribution in [3.05, 3.63) is 29.8 Å². The van der Waals surface area contributed by atoms with E-state index in [2.05, 4.69) is 15.6 Å². The summed E-state index contributed by atoms with van der Waals surface area (Å²) in [7, 11) is 5.24. The highest BCUT2D eigenvalue weighted by atomic mass is 16.5. The van der Waals surface area contributed by atoms with Crippen molar-refractivity contribution in [2.75, 3.05) is 34.3 Å². The normalized spacial score (nSPS) is 15.2. The van der Waals surface area contributed by atoms with Crippen molar-refractivity contribution >= 4 is 11.9 Å². The Labute approximate surface area is 169 Å². The van der Waals surface area contributed by atoms with Crippen LogP contribution in [-0.4, -0.2) is 51.1 Å². The van der Waals surface area contributed by atoms with Crippen LogP contribution in [0.5, 0.6) is 5.75 Å². The highest BCUT2D eigenvalue weighted by Crippen LogP contribution is 2.26. The van der Waals surface area contributed by atoms with Crippen LogP contribution in [0.4, 0.5) is 0 Å². The summed E-state index contributed by atoms with van der Waals surface area (Å²) in [6.45, 7) is 1.65. The lowest BCUT2D eigenvalue weighted by atomic mass is 9.86. The highest BCUT2D eigenvalue weighted by Gasteiger charge is 2.12. The van der Waals surface area contributed by atoms with E-state index in [-0.39, 0.29) is 12.5 Å². The largest absolute Gasteiger partial charge is 0.484 e. The van der Waals surface area contributed by atoms with Gasteiger partial charge in [-0.1, -0.05) is 44.2 Å². The molecule has 1 aliphatic carbocycles. The van der Waals surface area contributed by atoms with E-state index in [0.717, 1.165) is 24.0 Å². The summed E-state index contributed by atoms with van der Waals surface area (Å²) in [5, 5.41) is 6.75. The number of guanidine groups is 1. The van der Waals surface area contributed by atoms with Gasteiger partial charge in [0.2, 0.25) is 0 Å². The van der Waals surface area contributed by atoms with E-state index < -0.39 is 0 Å². The molecule has 1 aliphatic rings. The van der Waals surface area contributed by atoms with Crippen molar-refractivity contribution in [1.29, 1.82) is 0 Å². The minimum Gasteiger partial charge on any atom is -0.484 e. The summed E-state index contributed by atoms with van der Waals surface area (Å²) in [5.41, 5.74) is 1.08. The molecule has 0 bridgehead atoms. The number of hydrogen-bond donors (Lipinski definition) is 2. The van der Waals surface area contributed by atoms with Crippen LogP contribution in [0.25, 0.3) is 0 Å². The zero-order chi connectivity index (χ0) is 20.2. The number of amides is 1. The zero-order valence-electron chi connectivity index (χ0n) is 17.7. The van der Waals surface area contributed by atoms with Gasteiger partial charge in [0.1, 0.15) is 5.75 Å². The average molecular weight is 389 g/mol. The van der Waals surface area contributed by atoms with E-state index in [1.165, 1.54) is 49.8 Å². The Balaban J connectivity index is 1.69. The molecule has 1 fully saturated rings. The van der Waals surface area contributed by atoms with Crippen molar-refractivity contribution in [3.8, 4) is 5.75 Å². The molecule has 0 unspecified atom stereocenters. The van der Waals surface area contributed by atoms with Gasteiger partial charge in [0.25, 0.3) is 5.91 Å². The summed E-state index contributed by atoms with van der Waals surface area (Å²) >= 11 is 0. The number of rotatable bonds is 9. The molecule has 1 amide bonds. The van der Waals surface area contributed by atoms with Crippen LogP contribution in [0.3, 0.4) is 0 Å². The third kappa shape index (κ3) is 8.19. The van der Waals surface area contributed by atoms with E-state index in [1.807, 2.05) is 24.3 Å². The second-order valence-electron chi connectivity index (χ2n) is 7.72. The molecule has 0 atom stereocenters. The fourth-order valence-corrected chi connectivity index (χ4v) is 3.50. The Morgan fingerprint density at radius 2 is 2.00 bits per heavy atom. The molecule has 0 aromatic heterocycles. The SMILES string of the molecule is CN=C(NCCCC1CCCCC1)NCc1cccc(OCC(=O)N(C)C)c1. The molecular weight excluding hydrogens is 352 g/mol. The Morgan fingerprint density at radius 1 is 1.21 bits per heavy atom. The number of hydrogen-bond acceptors (Lipinski definition) is 3. The molecule has 1 aromatic carbocycles. The molecule has 28 heavy (non-hydrogen) atoms. The van der Waals surface area contributed by atoms with E-state index in [1.54, 1.807) is 21.1 Å². The number of benzene rings is 1. The fourth-order valence-electron chi connectivity index (χ4n) is 3.50. The summed E-state index contributed by atoms with van der Waals surface area (Å²) < 4.78 is 5.58. The summed E-state index contributed by atoms with van der Waals surface area (Å²) in [6, 6.07) is 7.79. The average Bonchev–Trinajstić information content (AvgIpc) is 2.72. The third-order valence-electron chi connectivity index (χ3n) is 5.25. The topological polar surface area (TPSA) is 66.0 Å². The highest BCUT2D eigenvalue weighted by molar-refractivity contribution is 5.79. The standard InChI is InChI=1S/C22H36N4O2/c1-23-22(24-14-8-12-18-9-5-4-6-10-18)25-16-19-11-7-13-20(15-19)28-17-21(27)26(2)3/h7,11,13,15,18H,4-6,8-10,12,14,16-17H2,1-3H3,(H2,23,24,25). The van der Waals surface area contributed by atoms with E-state index in [0.29, 0.717) is 12.3 Å². The molecular formula is C22H36N4O2. The number of nitrogens with one attached hydrogen (secondary N) is 2. The molecule has 0 saturated heterocycles. The lowest BCUT2D eigenvalue weighted by Crippen LogP contribution is -2.37. The number of carbonyl (C=O) groups is 1. The number of likely N-dealkylation sites (N-methyl/N-ethyl adjacent to an activating group) is 1. The van der Waals surface area contributed by atoms with Gasteiger partial charge in [-0.2, -0.15) is 0 Å². The Kier molecular flexibility index (Phi) is 9.66. The number of aliphatic imine (C=N–C) groups is 1. The molecule has 0 spiro atoms. The zero-order valence-corrected chi connectivity index (χ0v) is 17.7. The first kappa shape index (κ1) is 22.1. The van der Waals surface area contributed by atoms with E-state index >= 15 is 0 Å². The maximum Gasteiger partial charge on any atom is 0.259 e. The molecule has 0 aliphatic heterocycles. The predicted molar refractivity (Wildman–Crippen MR) is 115 cm³/mol. The van der Waals surface area contributed by atoms with E-state index in [9.17, 15) is 4.79 Å². The number of nitrogens with zero attached hydrogens (tertiary/aromatic N) is 2. The van der Waals surface area contributed by atoms with Crippen LogP contribution in [0, 0.1) is 5.92 Å². The molecule has 0 heterocycles. The lowest BCUT2D eigenvalue weighted by molar-refractivity contribution is -0.130. The van der Waals surface area contributed by atoms with Gasteiger partial charge in [-0.05, 0) is 36.5 Å². The number of ether oxygens (including phenoxy) is 1. The molecule has 156 valence electrons. The minimum atomic E-state index is -0.0543. The van der Waals surface area contributed by atoms with Crippen LogP contribution in [-0.2, 0) is 11.3 Å². The monoisotopic (exact) mass is 388 g/mol. The molecule has 1 saturated carbocycles. The molecule has 1 aromatic rings. The van der Waals surface area contributed by atoms with Crippen LogP contribution in [0.1, 0.15) is 50.5 Å². The van der Waals surface area contributed by atoms with Gasteiger partial charge >= 0.3 is 0 Å². The molecule has 2 N–H and O–H groups in total. The van der Waals surface area contributed by atoms with Gasteiger partial charge in [-0.15, -0.1) is 0 Å². The second kappa shape index (κ2) is 12.3. The Hall–Kier alpha value is -2.24. The first-order valence-electron chi connectivity index (χ1n) is 10.4. The van der Waals surface area contributed by atoms with Gasteiger partial charge < -0.3 is 20.3 Å².